The van der Waals surface area contributed by atoms with Crippen LogP contribution in [0.4, 0.5) is 32.0 Å². The highest BCUT2D eigenvalue weighted by Crippen LogP contribution is 2.45. The second kappa shape index (κ2) is 4.32. The van der Waals surface area contributed by atoms with Gasteiger partial charge in [-0.1, -0.05) is 6.92 Å². The highest BCUT2D eigenvalue weighted by molar-refractivity contribution is 6.13. The Labute approximate surface area is 109 Å². The monoisotopic (exact) mass is 295 g/mol. The third kappa shape index (κ3) is 2.30. The van der Waals surface area contributed by atoms with E-state index in [1.165, 1.54) is 6.92 Å². The van der Waals surface area contributed by atoms with Gasteiger partial charge in [-0.2, -0.15) is 26.3 Å². The van der Waals surface area contributed by atoms with Gasteiger partial charge in [-0.15, -0.1) is 0 Å². The molecule has 0 radical (unpaired) electrons. The van der Waals surface area contributed by atoms with Gasteiger partial charge in [-0.3, -0.25) is 9.79 Å². The van der Waals surface area contributed by atoms with Crippen LogP contribution in [0, 0.1) is 5.92 Å². The Kier molecular flexibility index (Phi) is 3.14. The third-order valence-electron chi connectivity index (χ3n) is 2.88. The summed E-state index contributed by atoms with van der Waals surface area (Å²) in [6.45, 7) is 1.27. The van der Waals surface area contributed by atoms with Gasteiger partial charge in [0, 0.05) is 6.21 Å². The number of alkyl halides is 6. The van der Waals surface area contributed by atoms with Gasteiger partial charge in [-0.05, 0) is 12.1 Å². The fourth-order valence-corrected chi connectivity index (χ4v) is 1.92. The van der Waals surface area contributed by atoms with E-state index in [1.54, 1.807) is 0 Å². The van der Waals surface area contributed by atoms with E-state index in [-0.39, 0.29) is 6.07 Å². The standard InChI is InChI=1S/C12H7F6NO/c1-5-4-19-9-7(12(16,17)18)3-2-6(11(13,14)15)8(9)10(5)20/h2-5H,1H3. The average Bonchev–Trinajstić information content (AvgIpc) is 2.30. The molecule has 0 saturated carbocycles. The maximum absolute atomic E-state index is 12.8. The Hall–Kier alpha value is -1.86. The van der Waals surface area contributed by atoms with E-state index < -0.39 is 46.4 Å². The molecule has 0 N–H and O–H groups in total. The first-order chi connectivity index (χ1) is 9.03. The molecule has 1 heterocycles. The lowest BCUT2D eigenvalue weighted by Crippen LogP contribution is -2.23. The van der Waals surface area contributed by atoms with E-state index >= 15 is 0 Å². The number of aliphatic imine (C=N–C) groups is 1. The summed E-state index contributed by atoms with van der Waals surface area (Å²) in [6, 6.07) is 0.565. The van der Waals surface area contributed by atoms with Crippen LogP contribution in [0.2, 0.25) is 0 Å². The molecule has 1 aromatic rings. The minimum atomic E-state index is -4.92. The van der Waals surface area contributed by atoms with Crippen LogP contribution in [0.1, 0.15) is 28.4 Å². The second-order valence-electron chi connectivity index (χ2n) is 4.31. The minimum Gasteiger partial charge on any atom is -0.293 e. The lowest BCUT2D eigenvalue weighted by Gasteiger charge is -2.22. The van der Waals surface area contributed by atoms with Gasteiger partial charge in [0.15, 0.2) is 5.78 Å². The first-order valence-electron chi connectivity index (χ1n) is 5.43. The third-order valence-corrected chi connectivity index (χ3v) is 2.88. The molecule has 8 heteroatoms. The zero-order chi connectivity index (χ0) is 15.3. The zero-order valence-corrected chi connectivity index (χ0v) is 9.93. The summed E-state index contributed by atoms with van der Waals surface area (Å²) in [4.78, 5) is 15.2. The quantitative estimate of drug-likeness (QED) is 0.658. The van der Waals surface area contributed by atoms with Crippen LogP contribution in [0.3, 0.4) is 0 Å². The predicted octanol–water partition coefficient (Wildman–Crippen LogP) is 4.26. The van der Waals surface area contributed by atoms with Crippen molar-refractivity contribution >= 4 is 17.7 Å². The molecule has 2 nitrogen and oxygen atoms in total. The number of hydrogen-bond acceptors (Lipinski definition) is 2. The molecule has 0 bridgehead atoms. The number of benzene rings is 1. The molecule has 1 unspecified atom stereocenters. The molecule has 1 aliphatic rings. The predicted molar refractivity (Wildman–Crippen MR) is 58.1 cm³/mol. The highest BCUT2D eigenvalue weighted by atomic mass is 19.4. The van der Waals surface area contributed by atoms with Crippen LogP contribution in [-0.2, 0) is 12.4 Å². The summed E-state index contributed by atoms with van der Waals surface area (Å²) in [5.74, 6) is -2.01. The smallest absolute Gasteiger partial charge is 0.293 e. The molecular weight excluding hydrogens is 288 g/mol. The van der Waals surface area contributed by atoms with Gasteiger partial charge in [-0.25, -0.2) is 0 Å². The van der Waals surface area contributed by atoms with Crippen molar-refractivity contribution in [1.82, 2.24) is 0 Å². The summed E-state index contributed by atoms with van der Waals surface area (Å²) < 4.78 is 76.7. The van der Waals surface area contributed by atoms with Crippen molar-refractivity contribution in [3.63, 3.8) is 0 Å². The fraction of sp³-hybridized carbons (Fsp3) is 0.333. The fourth-order valence-electron chi connectivity index (χ4n) is 1.92. The largest absolute Gasteiger partial charge is 0.418 e. The number of rotatable bonds is 0. The van der Waals surface area contributed by atoms with Crippen LogP contribution >= 0.6 is 0 Å². The van der Waals surface area contributed by atoms with E-state index in [0.717, 1.165) is 6.21 Å². The Bertz CT molecular complexity index is 599. The van der Waals surface area contributed by atoms with E-state index in [0.29, 0.717) is 6.07 Å². The summed E-state index contributed by atoms with van der Waals surface area (Å²) in [7, 11) is 0. The number of fused-ring (bicyclic) bond motifs is 1. The van der Waals surface area contributed by atoms with Gasteiger partial charge >= 0.3 is 12.4 Å². The van der Waals surface area contributed by atoms with Crippen molar-refractivity contribution in [2.24, 2.45) is 10.9 Å². The number of carbonyl (C=O) groups excluding carboxylic acids is 1. The van der Waals surface area contributed by atoms with Gasteiger partial charge < -0.3 is 0 Å². The van der Waals surface area contributed by atoms with E-state index in [1.807, 2.05) is 0 Å². The van der Waals surface area contributed by atoms with E-state index in [4.69, 9.17) is 0 Å². The molecule has 20 heavy (non-hydrogen) atoms. The molecule has 1 atom stereocenters. The molecule has 1 aromatic carbocycles. The van der Waals surface area contributed by atoms with Crippen LogP contribution < -0.4 is 0 Å². The maximum atomic E-state index is 12.8. The zero-order valence-electron chi connectivity index (χ0n) is 9.93. The van der Waals surface area contributed by atoms with Crippen molar-refractivity contribution in [3.8, 4) is 0 Å². The van der Waals surface area contributed by atoms with Crippen molar-refractivity contribution in [2.45, 2.75) is 19.3 Å². The number of halogens is 6. The van der Waals surface area contributed by atoms with Crippen molar-refractivity contribution in [2.75, 3.05) is 0 Å². The molecule has 0 amide bonds. The molecular formula is C12H7F6NO. The number of nitrogens with zero attached hydrogens (tertiary/aromatic N) is 1. The minimum absolute atomic E-state index is 0.271. The molecule has 0 aliphatic carbocycles. The second-order valence-corrected chi connectivity index (χ2v) is 4.31. The van der Waals surface area contributed by atoms with Gasteiger partial charge in [0.1, 0.15) is 0 Å². The van der Waals surface area contributed by atoms with Crippen molar-refractivity contribution in [3.05, 3.63) is 28.8 Å². The summed E-state index contributed by atoms with van der Waals surface area (Å²) >= 11 is 0. The number of carbonyl (C=O) groups is 1. The molecule has 1 aliphatic heterocycles. The Balaban J connectivity index is 2.82. The number of ketones is 1. The first kappa shape index (κ1) is 14.5. The SMILES string of the molecule is CC1C=Nc2c(C(F)(F)F)ccc(C(F)(F)F)c2C1=O. The number of Topliss-reactive ketones (excluding diaryl/α,β-unsaturated/α-hetero) is 1. The maximum Gasteiger partial charge on any atom is 0.418 e. The summed E-state index contributed by atoms with van der Waals surface area (Å²) in [5, 5.41) is 0. The average molecular weight is 295 g/mol. The van der Waals surface area contributed by atoms with E-state index in [2.05, 4.69) is 4.99 Å². The van der Waals surface area contributed by atoms with Gasteiger partial charge in [0.25, 0.3) is 0 Å². The normalized spacial score (nSPS) is 19.1. The van der Waals surface area contributed by atoms with Gasteiger partial charge in [0.2, 0.25) is 0 Å². The van der Waals surface area contributed by atoms with Crippen LogP contribution in [-0.4, -0.2) is 12.0 Å². The topological polar surface area (TPSA) is 29.4 Å². The van der Waals surface area contributed by atoms with Crippen molar-refractivity contribution in [1.29, 1.82) is 0 Å². The molecule has 0 aromatic heterocycles. The van der Waals surface area contributed by atoms with Crippen LogP contribution in [0.15, 0.2) is 17.1 Å². The molecule has 0 spiro atoms. The number of hydrogen-bond donors (Lipinski definition) is 0. The summed E-state index contributed by atoms with van der Waals surface area (Å²) in [6.07, 6.45) is -8.89. The molecule has 0 fully saturated rings. The Morgan fingerprint density at radius 1 is 1.00 bits per heavy atom. The summed E-state index contributed by atoms with van der Waals surface area (Å²) in [5.41, 5.74) is -4.72. The lowest BCUT2D eigenvalue weighted by molar-refractivity contribution is -0.141. The highest BCUT2D eigenvalue weighted by Gasteiger charge is 2.43. The Morgan fingerprint density at radius 2 is 1.50 bits per heavy atom. The lowest BCUT2D eigenvalue weighted by atomic mass is 9.89. The van der Waals surface area contributed by atoms with E-state index in [9.17, 15) is 31.1 Å². The van der Waals surface area contributed by atoms with Gasteiger partial charge in [0.05, 0.1) is 28.3 Å². The molecule has 108 valence electrons. The van der Waals surface area contributed by atoms with Crippen LogP contribution in [0.5, 0.6) is 0 Å². The molecule has 2 rings (SSSR count). The van der Waals surface area contributed by atoms with Crippen molar-refractivity contribution < 1.29 is 31.1 Å². The Morgan fingerprint density at radius 3 is 2.00 bits per heavy atom. The molecule has 0 saturated heterocycles. The van der Waals surface area contributed by atoms with Crippen LogP contribution in [0.25, 0.3) is 0 Å². The first-order valence-corrected chi connectivity index (χ1v) is 5.43.